The lowest BCUT2D eigenvalue weighted by Crippen LogP contribution is -1.97. The van der Waals surface area contributed by atoms with Gasteiger partial charge < -0.3 is 9.84 Å². The molecular weight excluding hydrogens is 290 g/mol. The van der Waals surface area contributed by atoms with Crippen LogP contribution in [0.15, 0.2) is 54.1 Å². The molecule has 4 nitrogen and oxygen atoms in total. The molecule has 0 aliphatic rings. The maximum atomic E-state index is 10.8. The highest BCUT2D eigenvalue weighted by atomic mass is 35.5. The van der Waals surface area contributed by atoms with E-state index < -0.39 is 5.97 Å². The van der Waals surface area contributed by atoms with Crippen molar-refractivity contribution < 1.29 is 14.6 Å². The second-order valence-corrected chi connectivity index (χ2v) is 4.48. The number of rotatable bonds is 4. The van der Waals surface area contributed by atoms with Crippen molar-refractivity contribution in [1.29, 1.82) is 5.26 Å². The number of ether oxygens (including phenoxy) is 1. The highest BCUT2D eigenvalue weighted by Gasteiger charge is 2.08. The molecule has 0 aromatic heterocycles. The third-order valence-electron chi connectivity index (χ3n) is 2.60. The summed E-state index contributed by atoms with van der Waals surface area (Å²) in [6.07, 6.45) is 1.22. The lowest BCUT2D eigenvalue weighted by Gasteiger charge is -2.07. The van der Waals surface area contributed by atoms with Crippen LogP contribution in [0.25, 0.3) is 6.08 Å². The largest absolute Gasteiger partial charge is 0.477 e. The summed E-state index contributed by atoms with van der Waals surface area (Å²) in [4.78, 5) is 10.8. The van der Waals surface area contributed by atoms with E-state index in [9.17, 15) is 4.79 Å². The van der Waals surface area contributed by atoms with E-state index in [0.717, 1.165) is 0 Å². The van der Waals surface area contributed by atoms with E-state index in [4.69, 9.17) is 26.7 Å². The molecule has 0 saturated carbocycles. The third kappa shape index (κ3) is 3.85. The highest BCUT2D eigenvalue weighted by Crippen LogP contribution is 2.28. The monoisotopic (exact) mass is 299 g/mol. The molecule has 5 heteroatoms. The van der Waals surface area contributed by atoms with Crippen LogP contribution >= 0.6 is 11.6 Å². The van der Waals surface area contributed by atoms with Crippen molar-refractivity contribution in [2.75, 3.05) is 0 Å². The molecule has 21 heavy (non-hydrogen) atoms. The average molecular weight is 300 g/mol. The van der Waals surface area contributed by atoms with E-state index in [-0.39, 0.29) is 5.57 Å². The number of nitriles is 1. The molecular formula is C16H10ClNO3. The Balaban J connectivity index is 2.26. The summed E-state index contributed by atoms with van der Waals surface area (Å²) < 4.78 is 5.61. The lowest BCUT2D eigenvalue weighted by molar-refractivity contribution is -0.132. The molecule has 0 saturated heterocycles. The smallest absolute Gasteiger partial charge is 0.346 e. The molecule has 0 unspecified atom stereocenters. The topological polar surface area (TPSA) is 70.3 Å². The van der Waals surface area contributed by atoms with E-state index in [2.05, 4.69) is 0 Å². The van der Waals surface area contributed by atoms with Crippen LogP contribution in [0, 0.1) is 11.3 Å². The normalized spacial score (nSPS) is 10.8. The predicted octanol–water partition coefficient (Wildman–Crippen LogP) is 4.12. The molecule has 1 N–H and O–H groups in total. The van der Waals surface area contributed by atoms with Gasteiger partial charge in [0.2, 0.25) is 0 Å². The van der Waals surface area contributed by atoms with Crippen LogP contribution in [-0.4, -0.2) is 11.1 Å². The van der Waals surface area contributed by atoms with E-state index >= 15 is 0 Å². The van der Waals surface area contributed by atoms with Gasteiger partial charge in [0.15, 0.2) is 0 Å². The number of hydrogen-bond acceptors (Lipinski definition) is 3. The Kier molecular flexibility index (Phi) is 4.60. The van der Waals surface area contributed by atoms with Crippen LogP contribution < -0.4 is 4.74 Å². The first kappa shape index (κ1) is 14.6. The molecule has 0 bridgehead atoms. The molecule has 2 aromatic carbocycles. The predicted molar refractivity (Wildman–Crippen MR) is 79.2 cm³/mol. The summed E-state index contributed by atoms with van der Waals surface area (Å²) in [7, 11) is 0. The molecule has 0 heterocycles. The molecule has 2 rings (SSSR count). The van der Waals surface area contributed by atoms with Gasteiger partial charge in [0.25, 0.3) is 0 Å². The second-order valence-electron chi connectivity index (χ2n) is 4.07. The molecule has 0 fully saturated rings. The van der Waals surface area contributed by atoms with Crippen molar-refractivity contribution in [3.05, 3.63) is 64.7 Å². The summed E-state index contributed by atoms with van der Waals surface area (Å²) in [5, 5.41) is 17.9. The average Bonchev–Trinajstić information content (AvgIpc) is 2.47. The zero-order valence-electron chi connectivity index (χ0n) is 10.8. The van der Waals surface area contributed by atoms with E-state index in [1.807, 2.05) is 18.2 Å². The van der Waals surface area contributed by atoms with Crippen molar-refractivity contribution >= 4 is 23.6 Å². The number of carbonyl (C=O) groups is 1. The zero-order valence-corrected chi connectivity index (χ0v) is 11.5. The van der Waals surface area contributed by atoms with Crippen molar-refractivity contribution in [3.8, 4) is 17.6 Å². The fourth-order valence-corrected chi connectivity index (χ4v) is 1.84. The molecule has 0 aliphatic carbocycles. The maximum Gasteiger partial charge on any atom is 0.346 e. The minimum atomic E-state index is -1.29. The number of halogens is 1. The van der Waals surface area contributed by atoms with Gasteiger partial charge in [-0.05, 0) is 42.0 Å². The third-order valence-corrected chi connectivity index (χ3v) is 2.93. The van der Waals surface area contributed by atoms with E-state index in [1.165, 1.54) is 6.08 Å². The summed E-state index contributed by atoms with van der Waals surface area (Å²) in [5.41, 5.74) is 0.0599. The van der Waals surface area contributed by atoms with Gasteiger partial charge in [-0.3, -0.25) is 0 Å². The number of benzene rings is 2. The zero-order chi connectivity index (χ0) is 15.2. The quantitative estimate of drug-likeness (QED) is 0.681. The second kappa shape index (κ2) is 6.60. The molecule has 0 atom stereocenters. The first-order valence-corrected chi connectivity index (χ1v) is 6.35. The maximum absolute atomic E-state index is 10.8. The fraction of sp³-hybridized carbons (Fsp3) is 0. The van der Waals surface area contributed by atoms with E-state index in [0.29, 0.717) is 22.1 Å². The first-order valence-electron chi connectivity index (χ1n) is 5.97. The minimum Gasteiger partial charge on any atom is -0.477 e. The van der Waals surface area contributed by atoms with Gasteiger partial charge in [0.05, 0.1) is 5.02 Å². The number of nitrogens with zero attached hydrogens (tertiary/aromatic N) is 1. The summed E-state index contributed by atoms with van der Waals surface area (Å²) in [6.45, 7) is 0. The van der Waals surface area contributed by atoms with Crippen LogP contribution in [0.5, 0.6) is 11.5 Å². The summed E-state index contributed by atoms with van der Waals surface area (Å²) in [5.74, 6) is -0.101. The molecule has 104 valence electrons. The van der Waals surface area contributed by atoms with E-state index in [1.54, 1.807) is 36.4 Å². The van der Waals surface area contributed by atoms with Crippen LogP contribution in [0.3, 0.4) is 0 Å². The minimum absolute atomic E-state index is 0.303. The number of aliphatic carboxylic acids is 1. The van der Waals surface area contributed by atoms with Crippen molar-refractivity contribution in [2.45, 2.75) is 0 Å². The van der Waals surface area contributed by atoms with Gasteiger partial charge in [0.1, 0.15) is 23.1 Å². The standard InChI is InChI=1S/C16H10ClNO3/c17-15-9-14(21-13-4-2-1-3-5-13)7-6-11(15)8-12(10-18)16(19)20/h1-9H,(H,19,20)/b12-8+. The number of carboxylic acid groups (broad SMARTS) is 1. The Morgan fingerprint density at radius 2 is 1.90 bits per heavy atom. The number of hydrogen-bond donors (Lipinski definition) is 1. The van der Waals surface area contributed by atoms with Crippen LogP contribution in [0.4, 0.5) is 0 Å². The van der Waals surface area contributed by atoms with Crippen molar-refractivity contribution in [1.82, 2.24) is 0 Å². The molecule has 0 aliphatic heterocycles. The van der Waals surface area contributed by atoms with Crippen molar-refractivity contribution in [3.63, 3.8) is 0 Å². The SMILES string of the molecule is N#C/C(=C\c1ccc(Oc2ccccc2)cc1Cl)C(=O)O. The Labute approximate surface area is 126 Å². The van der Waals surface area contributed by atoms with Crippen molar-refractivity contribution in [2.24, 2.45) is 0 Å². The van der Waals surface area contributed by atoms with Gasteiger partial charge >= 0.3 is 5.97 Å². The van der Waals surface area contributed by atoms with Crippen LogP contribution in [0.2, 0.25) is 5.02 Å². The van der Waals surface area contributed by atoms with Crippen LogP contribution in [0.1, 0.15) is 5.56 Å². The Hall–Kier alpha value is -2.77. The number of carboxylic acids is 1. The molecule has 0 amide bonds. The first-order chi connectivity index (χ1) is 10.1. The summed E-state index contributed by atoms with van der Waals surface area (Å²) >= 11 is 6.07. The molecule has 0 spiro atoms. The van der Waals surface area contributed by atoms with Gasteiger partial charge in [-0.15, -0.1) is 0 Å². The molecule has 0 radical (unpaired) electrons. The van der Waals surface area contributed by atoms with Gasteiger partial charge in [-0.1, -0.05) is 29.8 Å². The van der Waals surface area contributed by atoms with Gasteiger partial charge in [-0.25, -0.2) is 4.79 Å². The lowest BCUT2D eigenvalue weighted by atomic mass is 10.1. The van der Waals surface area contributed by atoms with Crippen LogP contribution in [-0.2, 0) is 4.79 Å². The Morgan fingerprint density at radius 1 is 1.19 bits per heavy atom. The highest BCUT2D eigenvalue weighted by molar-refractivity contribution is 6.32. The molecule has 2 aromatic rings. The Morgan fingerprint density at radius 3 is 2.48 bits per heavy atom. The summed E-state index contributed by atoms with van der Waals surface area (Å²) in [6, 6.07) is 15.6. The fourth-order valence-electron chi connectivity index (χ4n) is 1.61. The van der Waals surface area contributed by atoms with Gasteiger partial charge in [0, 0.05) is 0 Å². The Bertz CT molecular complexity index is 733. The number of para-hydroxylation sites is 1. The van der Waals surface area contributed by atoms with Gasteiger partial charge in [-0.2, -0.15) is 5.26 Å².